The van der Waals surface area contributed by atoms with Gasteiger partial charge in [-0.25, -0.2) is 8.42 Å². The van der Waals surface area contributed by atoms with E-state index in [0.717, 1.165) is 10.9 Å². The van der Waals surface area contributed by atoms with Crippen LogP contribution < -0.4 is 0 Å². The fraction of sp³-hybridized carbons (Fsp3) is 0.500. The molecule has 0 bridgehead atoms. The van der Waals surface area contributed by atoms with Crippen LogP contribution in [-0.4, -0.2) is 30.6 Å². The highest BCUT2D eigenvalue weighted by Crippen LogP contribution is 2.28. The number of hydrogen-bond donors (Lipinski definition) is 0. The summed E-state index contributed by atoms with van der Waals surface area (Å²) < 4.78 is 27.3. The zero-order valence-corrected chi connectivity index (χ0v) is 14.0. The lowest BCUT2D eigenvalue weighted by atomic mass is 10.0. The maximum absolute atomic E-state index is 12.4. The summed E-state index contributed by atoms with van der Waals surface area (Å²) >= 11 is 6.87. The Morgan fingerprint density at radius 2 is 1.89 bits per heavy atom. The standard InChI is InChI=1S/C12H15Br2NO2S/c1-9-6-7-15(8-12(9)14)18(16,17)11-4-2-10(13)3-5-11/h2-5,9,12H,6-8H2,1H3. The molecule has 2 atom stereocenters. The number of rotatable bonds is 2. The van der Waals surface area contributed by atoms with Gasteiger partial charge in [0, 0.05) is 22.4 Å². The molecule has 1 aliphatic rings. The summed E-state index contributed by atoms with van der Waals surface area (Å²) in [5.74, 6) is 0.515. The zero-order valence-electron chi connectivity index (χ0n) is 10.0. The SMILES string of the molecule is CC1CCN(S(=O)(=O)c2ccc(Br)cc2)CC1Br. The van der Waals surface area contributed by atoms with E-state index < -0.39 is 10.0 Å². The predicted molar refractivity (Wildman–Crippen MR) is 79.4 cm³/mol. The number of hydrogen-bond acceptors (Lipinski definition) is 2. The third-order valence-corrected chi connectivity index (χ3v) is 6.88. The van der Waals surface area contributed by atoms with Crippen molar-refractivity contribution in [2.45, 2.75) is 23.1 Å². The topological polar surface area (TPSA) is 37.4 Å². The number of halogens is 2. The first-order valence-electron chi connectivity index (χ1n) is 5.81. The van der Waals surface area contributed by atoms with Gasteiger partial charge in [0.15, 0.2) is 0 Å². The van der Waals surface area contributed by atoms with Gasteiger partial charge in [-0.05, 0) is 36.6 Å². The van der Waals surface area contributed by atoms with Gasteiger partial charge in [-0.3, -0.25) is 0 Å². The molecule has 0 saturated carbocycles. The lowest BCUT2D eigenvalue weighted by Crippen LogP contribution is -2.43. The first-order valence-corrected chi connectivity index (χ1v) is 8.96. The molecular weight excluding hydrogens is 382 g/mol. The van der Waals surface area contributed by atoms with Crippen LogP contribution in [0.25, 0.3) is 0 Å². The summed E-state index contributed by atoms with van der Waals surface area (Å²) in [4.78, 5) is 0.594. The lowest BCUT2D eigenvalue weighted by molar-refractivity contribution is 0.300. The third-order valence-electron chi connectivity index (χ3n) is 3.28. The van der Waals surface area contributed by atoms with Crippen LogP contribution in [-0.2, 0) is 10.0 Å². The van der Waals surface area contributed by atoms with Crippen molar-refractivity contribution in [1.82, 2.24) is 4.31 Å². The maximum atomic E-state index is 12.4. The highest BCUT2D eigenvalue weighted by Gasteiger charge is 2.32. The number of nitrogens with zero attached hydrogens (tertiary/aromatic N) is 1. The monoisotopic (exact) mass is 395 g/mol. The molecular formula is C12H15Br2NO2S. The molecule has 0 aliphatic carbocycles. The van der Waals surface area contributed by atoms with Gasteiger partial charge in [0.25, 0.3) is 0 Å². The van der Waals surface area contributed by atoms with Crippen LogP contribution in [0.3, 0.4) is 0 Å². The molecule has 3 nitrogen and oxygen atoms in total. The Hall–Kier alpha value is 0.0900. The van der Waals surface area contributed by atoms with Crippen LogP contribution in [0.4, 0.5) is 0 Å². The fourth-order valence-electron chi connectivity index (χ4n) is 1.97. The smallest absolute Gasteiger partial charge is 0.207 e. The molecule has 18 heavy (non-hydrogen) atoms. The predicted octanol–water partition coefficient (Wildman–Crippen LogP) is 3.24. The second kappa shape index (κ2) is 5.61. The second-order valence-corrected chi connectivity index (χ2v) is 8.63. The van der Waals surface area contributed by atoms with Gasteiger partial charge in [-0.2, -0.15) is 4.31 Å². The molecule has 1 aromatic carbocycles. The number of alkyl halides is 1. The Balaban J connectivity index is 2.24. The Morgan fingerprint density at radius 3 is 2.44 bits per heavy atom. The first kappa shape index (κ1) is 14.5. The fourth-order valence-corrected chi connectivity index (χ4v) is 4.52. The van der Waals surface area contributed by atoms with E-state index in [2.05, 4.69) is 38.8 Å². The van der Waals surface area contributed by atoms with Crippen LogP contribution in [0.15, 0.2) is 33.6 Å². The molecule has 1 aromatic rings. The van der Waals surface area contributed by atoms with E-state index in [1.54, 1.807) is 28.6 Å². The quantitative estimate of drug-likeness (QED) is 0.719. The Labute approximate surface area is 125 Å². The van der Waals surface area contributed by atoms with Crippen molar-refractivity contribution in [3.05, 3.63) is 28.7 Å². The summed E-state index contributed by atoms with van der Waals surface area (Å²) in [6, 6.07) is 6.79. The van der Waals surface area contributed by atoms with Crippen LogP contribution in [0.5, 0.6) is 0 Å². The molecule has 6 heteroatoms. The molecule has 2 unspecified atom stereocenters. The molecule has 100 valence electrons. The second-order valence-electron chi connectivity index (χ2n) is 4.60. The maximum Gasteiger partial charge on any atom is 0.243 e. The van der Waals surface area contributed by atoms with Crippen LogP contribution in [0.1, 0.15) is 13.3 Å². The van der Waals surface area contributed by atoms with E-state index in [9.17, 15) is 8.42 Å². The number of sulfonamides is 1. The van der Waals surface area contributed by atoms with Crippen molar-refractivity contribution >= 4 is 41.9 Å². The van der Waals surface area contributed by atoms with E-state index in [1.165, 1.54) is 0 Å². The van der Waals surface area contributed by atoms with Crippen molar-refractivity contribution in [2.24, 2.45) is 5.92 Å². The molecule has 1 aliphatic heterocycles. The molecule has 0 spiro atoms. The van der Waals surface area contributed by atoms with Gasteiger partial charge in [-0.15, -0.1) is 0 Å². The summed E-state index contributed by atoms with van der Waals surface area (Å²) in [7, 11) is -3.35. The third kappa shape index (κ3) is 2.98. The van der Waals surface area contributed by atoms with Crippen molar-refractivity contribution in [3.8, 4) is 0 Å². The van der Waals surface area contributed by atoms with Gasteiger partial charge in [0.05, 0.1) is 4.90 Å². The lowest BCUT2D eigenvalue weighted by Gasteiger charge is -2.33. The van der Waals surface area contributed by atoms with Gasteiger partial charge in [0.2, 0.25) is 10.0 Å². The van der Waals surface area contributed by atoms with Crippen LogP contribution in [0.2, 0.25) is 0 Å². The largest absolute Gasteiger partial charge is 0.243 e. The van der Waals surface area contributed by atoms with Gasteiger partial charge < -0.3 is 0 Å². The minimum atomic E-state index is -3.35. The highest BCUT2D eigenvalue weighted by molar-refractivity contribution is 9.10. The van der Waals surface area contributed by atoms with Crippen molar-refractivity contribution in [2.75, 3.05) is 13.1 Å². The van der Waals surface area contributed by atoms with E-state index in [-0.39, 0.29) is 4.83 Å². The minimum Gasteiger partial charge on any atom is -0.207 e. The van der Waals surface area contributed by atoms with E-state index in [4.69, 9.17) is 0 Å². The zero-order chi connectivity index (χ0) is 13.3. The normalized spacial score (nSPS) is 26.2. The summed E-state index contributed by atoms with van der Waals surface area (Å²) in [5, 5.41) is 0. The molecule has 0 N–H and O–H groups in total. The Kier molecular flexibility index (Phi) is 4.52. The van der Waals surface area contributed by atoms with Gasteiger partial charge in [0.1, 0.15) is 0 Å². The minimum absolute atomic E-state index is 0.233. The summed E-state index contributed by atoms with van der Waals surface area (Å²) in [5.41, 5.74) is 0. The van der Waals surface area contributed by atoms with Gasteiger partial charge >= 0.3 is 0 Å². The van der Waals surface area contributed by atoms with Crippen LogP contribution >= 0.6 is 31.9 Å². The number of benzene rings is 1. The highest BCUT2D eigenvalue weighted by atomic mass is 79.9. The average Bonchev–Trinajstić information content (AvgIpc) is 2.33. The molecule has 1 fully saturated rings. The van der Waals surface area contributed by atoms with Crippen molar-refractivity contribution in [1.29, 1.82) is 0 Å². The molecule has 1 heterocycles. The summed E-state index contributed by atoms with van der Waals surface area (Å²) in [6.07, 6.45) is 0.895. The molecule has 2 rings (SSSR count). The molecule has 1 saturated heterocycles. The van der Waals surface area contributed by atoms with Crippen LogP contribution in [0, 0.1) is 5.92 Å². The molecule has 0 aromatic heterocycles. The van der Waals surface area contributed by atoms with Crippen molar-refractivity contribution < 1.29 is 8.42 Å². The van der Waals surface area contributed by atoms with E-state index in [0.29, 0.717) is 23.9 Å². The van der Waals surface area contributed by atoms with Gasteiger partial charge in [-0.1, -0.05) is 38.8 Å². The van der Waals surface area contributed by atoms with E-state index >= 15 is 0 Å². The first-order chi connectivity index (χ1) is 8.41. The molecule has 0 amide bonds. The van der Waals surface area contributed by atoms with Crippen molar-refractivity contribution in [3.63, 3.8) is 0 Å². The van der Waals surface area contributed by atoms with E-state index in [1.807, 2.05) is 0 Å². The average molecular weight is 397 g/mol. The Bertz CT molecular complexity index is 515. The number of piperidine rings is 1. The molecule has 0 radical (unpaired) electrons. The summed E-state index contributed by atoms with van der Waals surface area (Å²) in [6.45, 7) is 3.28. The Morgan fingerprint density at radius 1 is 1.28 bits per heavy atom.